The van der Waals surface area contributed by atoms with E-state index in [1.165, 1.54) is 0 Å². The molecule has 1 heterocycles. The number of hydrogen-bond donors (Lipinski definition) is 3. The number of fused-ring (bicyclic) bond motifs is 1. The van der Waals surface area contributed by atoms with Gasteiger partial charge in [-0.1, -0.05) is 19.1 Å². The third-order valence-corrected chi connectivity index (χ3v) is 3.13. The summed E-state index contributed by atoms with van der Waals surface area (Å²) >= 11 is 0. The summed E-state index contributed by atoms with van der Waals surface area (Å²) < 4.78 is 5.57. The molecule has 0 saturated carbocycles. The molecule has 1 aliphatic rings. The molecule has 0 fully saturated rings. The number of rotatable bonds is 7. The third-order valence-electron chi connectivity index (χ3n) is 3.13. The van der Waals surface area contributed by atoms with Gasteiger partial charge in [0.05, 0.1) is 12.1 Å². The van der Waals surface area contributed by atoms with Crippen LogP contribution in [0.3, 0.4) is 0 Å². The number of carbonyl (C=O) groups is 2. The van der Waals surface area contributed by atoms with Gasteiger partial charge >= 0.3 is 0 Å². The number of para-hydroxylation sites is 2. The van der Waals surface area contributed by atoms with Gasteiger partial charge in [-0.2, -0.15) is 0 Å². The van der Waals surface area contributed by atoms with E-state index in [2.05, 4.69) is 22.9 Å². The van der Waals surface area contributed by atoms with E-state index in [0.717, 1.165) is 19.5 Å². The van der Waals surface area contributed by atoms with Crippen molar-refractivity contribution < 1.29 is 14.3 Å². The average molecular weight is 291 g/mol. The molecule has 114 valence electrons. The van der Waals surface area contributed by atoms with Crippen molar-refractivity contribution in [2.45, 2.75) is 25.9 Å². The predicted octanol–water partition coefficient (Wildman–Crippen LogP) is 0.892. The van der Waals surface area contributed by atoms with E-state index >= 15 is 0 Å². The van der Waals surface area contributed by atoms with Crippen molar-refractivity contribution in [3.63, 3.8) is 0 Å². The van der Waals surface area contributed by atoms with Crippen molar-refractivity contribution in [2.24, 2.45) is 0 Å². The van der Waals surface area contributed by atoms with E-state index < -0.39 is 6.10 Å². The standard InChI is InChI=1S/C15H21N3O3/c1-2-7-16-8-9-17-14(19)10-13-15(20)18-11-5-3-4-6-12(11)21-13/h3-6,13,16H,2,7-10H2,1H3,(H,17,19)(H,18,20). The number of anilines is 1. The fourth-order valence-electron chi connectivity index (χ4n) is 2.06. The van der Waals surface area contributed by atoms with Gasteiger partial charge in [0.1, 0.15) is 5.75 Å². The molecule has 0 bridgehead atoms. The smallest absolute Gasteiger partial charge is 0.266 e. The van der Waals surface area contributed by atoms with E-state index in [1.54, 1.807) is 12.1 Å². The lowest BCUT2D eigenvalue weighted by Crippen LogP contribution is -2.42. The van der Waals surface area contributed by atoms with Gasteiger partial charge in [0.15, 0.2) is 6.10 Å². The zero-order valence-electron chi connectivity index (χ0n) is 12.1. The van der Waals surface area contributed by atoms with Crippen molar-refractivity contribution >= 4 is 17.5 Å². The topological polar surface area (TPSA) is 79.5 Å². The Morgan fingerprint density at radius 2 is 2.10 bits per heavy atom. The Balaban J connectivity index is 1.78. The molecular formula is C15H21N3O3. The zero-order valence-corrected chi connectivity index (χ0v) is 12.1. The van der Waals surface area contributed by atoms with Crippen LogP contribution in [0.4, 0.5) is 5.69 Å². The normalized spacial score (nSPS) is 16.6. The number of benzene rings is 1. The highest BCUT2D eigenvalue weighted by atomic mass is 16.5. The second-order valence-electron chi connectivity index (χ2n) is 4.90. The summed E-state index contributed by atoms with van der Waals surface area (Å²) in [7, 11) is 0. The summed E-state index contributed by atoms with van der Waals surface area (Å²) in [4.78, 5) is 23.7. The molecule has 3 N–H and O–H groups in total. The summed E-state index contributed by atoms with van der Waals surface area (Å²) in [6.07, 6.45) is 0.306. The van der Waals surface area contributed by atoms with E-state index in [-0.39, 0.29) is 18.2 Å². The lowest BCUT2D eigenvalue weighted by atomic mass is 10.1. The van der Waals surface area contributed by atoms with Gasteiger partial charge in [-0.05, 0) is 25.1 Å². The van der Waals surface area contributed by atoms with Gasteiger partial charge in [0, 0.05) is 13.1 Å². The SMILES string of the molecule is CCCNCCNC(=O)CC1Oc2ccccc2NC1=O. The molecule has 1 aliphatic heterocycles. The van der Waals surface area contributed by atoms with Crippen LogP contribution in [0.25, 0.3) is 0 Å². The van der Waals surface area contributed by atoms with Gasteiger partial charge < -0.3 is 20.7 Å². The second-order valence-corrected chi connectivity index (χ2v) is 4.90. The van der Waals surface area contributed by atoms with Crippen molar-refractivity contribution in [3.05, 3.63) is 24.3 Å². The first-order valence-corrected chi connectivity index (χ1v) is 7.24. The van der Waals surface area contributed by atoms with E-state index in [4.69, 9.17) is 4.74 Å². The molecule has 0 aliphatic carbocycles. The number of amides is 2. The molecule has 1 atom stereocenters. The van der Waals surface area contributed by atoms with Crippen LogP contribution in [0.15, 0.2) is 24.3 Å². The molecule has 0 spiro atoms. The van der Waals surface area contributed by atoms with Crippen molar-refractivity contribution in [1.29, 1.82) is 0 Å². The minimum absolute atomic E-state index is 0.0218. The predicted molar refractivity (Wildman–Crippen MR) is 80.3 cm³/mol. The lowest BCUT2D eigenvalue weighted by molar-refractivity contribution is -0.130. The minimum Gasteiger partial charge on any atom is -0.478 e. The Hall–Kier alpha value is -2.08. The Labute approximate surface area is 124 Å². The van der Waals surface area contributed by atoms with Gasteiger partial charge in [0.2, 0.25) is 5.91 Å². The summed E-state index contributed by atoms with van der Waals surface area (Å²) in [6.45, 7) is 4.28. The van der Waals surface area contributed by atoms with Crippen molar-refractivity contribution in [1.82, 2.24) is 10.6 Å². The monoisotopic (exact) mass is 291 g/mol. The van der Waals surface area contributed by atoms with Crippen molar-refractivity contribution in [2.75, 3.05) is 25.0 Å². The van der Waals surface area contributed by atoms with E-state index in [0.29, 0.717) is 18.0 Å². The van der Waals surface area contributed by atoms with Gasteiger partial charge in [-0.25, -0.2) is 0 Å². The molecule has 1 aromatic rings. The Bertz CT molecular complexity index is 505. The van der Waals surface area contributed by atoms with Crippen LogP contribution in [0.2, 0.25) is 0 Å². The van der Waals surface area contributed by atoms with Crippen LogP contribution in [0, 0.1) is 0 Å². The second kappa shape index (κ2) is 7.64. The zero-order chi connectivity index (χ0) is 15.1. The summed E-state index contributed by atoms with van der Waals surface area (Å²) in [5.74, 6) is 0.125. The highest BCUT2D eigenvalue weighted by Gasteiger charge is 2.29. The molecule has 0 saturated heterocycles. The molecule has 1 aromatic carbocycles. The number of carbonyl (C=O) groups excluding carboxylic acids is 2. The van der Waals surface area contributed by atoms with Crippen LogP contribution in [-0.2, 0) is 9.59 Å². The third kappa shape index (κ3) is 4.46. The van der Waals surface area contributed by atoms with E-state index in [1.807, 2.05) is 12.1 Å². The Morgan fingerprint density at radius 1 is 1.29 bits per heavy atom. The average Bonchev–Trinajstić information content (AvgIpc) is 2.48. The molecule has 0 radical (unpaired) electrons. The van der Waals surface area contributed by atoms with Crippen LogP contribution >= 0.6 is 0 Å². The molecule has 6 nitrogen and oxygen atoms in total. The number of ether oxygens (including phenoxy) is 1. The minimum atomic E-state index is -0.775. The molecule has 6 heteroatoms. The van der Waals surface area contributed by atoms with E-state index in [9.17, 15) is 9.59 Å². The molecule has 0 aromatic heterocycles. The molecule has 21 heavy (non-hydrogen) atoms. The molecule has 2 rings (SSSR count). The first-order chi connectivity index (χ1) is 10.2. The van der Waals surface area contributed by atoms with Gasteiger partial charge in [-0.15, -0.1) is 0 Å². The maximum absolute atomic E-state index is 11.9. The summed E-state index contributed by atoms with van der Waals surface area (Å²) in [5.41, 5.74) is 0.642. The molecule has 2 amide bonds. The summed E-state index contributed by atoms with van der Waals surface area (Å²) in [5, 5.41) is 8.71. The van der Waals surface area contributed by atoms with Crippen LogP contribution in [0.5, 0.6) is 5.75 Å². The molecular weight excluding hydrogens is 270 g/mol. The quantitative estimate of drug-likeness (QED) is 0.652. The van der Waals surface area contributed by atoms with Crippen LogP contribution < -0.4 is 20.7 Å². The van der Waals surface area contributed by atoms with Crippen LogP contribution in [-0.4, -0.2) is 37.6 Å². The number of hydrogen-bond acceptors (Lipinski definition) is 4. The van der Waals surface area contributed by atoms with Gasteiger partial charge in [0.25, 0.3) is 5.91 Å². The highest BCUT2D eigenvalue weighted by molar-refractivity contribution is 5.99. The Morgan fingerprint density at radius 3 is 2.90 bits per heavy atom. The fourth-order valence-corrected chi connectivity index (χ4v) is 2.06. The first kappa shape index (κ1) is 15.3. The fraction of sp³-hybridized carbons (Fsp3) is 0.467. The maximum atomic E-state index is 11.9. The first-order valence-electron chi connectivity index (χ1n) is 7.24. The Kier molecular flexibility index (Phi) is 5.57. The lowest BCUT2D eigenvalue weighted by Gasteiger charge is -2.25. The van der Waals surface area contributed by atoms with Crippen LogP contribution in [0.1, 0.15) is 19.8 Å². The number of nitrogens with one attached hydrogen (secondary N) is 3. The van der Waals surface area contributed by atoms with Gasteiger partial charge in [-0.3, -0.25) is 9.59 Å². The summed E-state index contributed by atoms with van der Waals surface area (Å²) in [6, 6.07) is 7.18. The highest BCUT2D eigenvalue weighted by Crippen LogP contribution is 2.29. The maximum Gasteiger partial charge on any atom is 0.266 e. The van der Waals surface area contributed by atoms with Crippen molar-refractivity contribution in [3.8, 4) is 5.75 Å². The molecule has 1 unspecified atom stereocenters. The largest absolute Gasteiger partial charge is 0.478 e.